The van der Waals surface area contributed by atoms with Crippen LogP contribution in [-0.2, 0) is 10.2 Å². The molecule has 1 spiro atoms. The Morgan fingerprint density at radius 3 is 2.56 bits per heavy atom. The van der Waals surface area contributed by atoms with E-state index in [1.807, 2.05) is 0 Å². The molecule has 34 heavy (non-hydrogen) atoms. The number of aliphatic hydroxyl groups is 1. The SMILES string of the molecule is COc1ccc2c3c([nH]c2c1)C(CO)N(CC12CC(C1)C2)CC31CCN(C(=O)C2CCC2)CC1. The van der Waals surface area contributed by atoms with Gasteiger partial charge in [-0.3, -0.25) is 9.69 Å². The number of amides is 1. The van der Waals surface area contributed by atoms with Gasteiger partial charge in [0.2, 0.25) is 5.91 Å². The van der Waals surface area contributed by atoms with Crippen LogP contribution in [0.4, 0.5) is 0 Å². The largest absolute Gasteiger partial charge is 0.497 e. The number of hydrogen-bond donors (Lipinski definition) is 2. The number of aromatic amines is 1. The first kappa shape index (κ1) is 21.3. The Bertz CT molecular complexity index is 1110. The molecule has 5 fully saturated rings. The number of hydrogen-bond acceptors (Lipinski definition) is 4. The molecule has 6 heteroatoms. The standard InChI is InChI=1S/C28H37N3O3/c1-34-20-5-6-21-22(11-20)29-25-23(15-32)31(16-27-12-18(13-27)14-27)17-28(24(21)25)7-9-30(10-8-28)26(33)19-3-2-4-19/h5-6,11,18-19,23,29,32H,2-4,7-10,12-17H2,1H3. The van der Waals surface area contributed by atoms with Crippen LogP contribution in [0.25, 0.3) is 10.9 Å². The summed E-state index contributed by atoms with van der Waals surface area (Å²) in [6.45, 7) is 3.92. The molecule has 2 aliphatic heterocycles. The van der Waals surface area contributed by atoms with Crippen molar-refractivity contribution in [3.8, 4) is 5.75 Å². The Morgan fingerprint density at radius 1 is 1.21 bits per heavy atom. The van der Waals surface area contributed by atoms with E-state index in [-0.39, 0.29) is 24.0 Å². The Labute approximate surface area is 201 Å². The molecule has 6 aliphatic rings. The van der Waals surface area contributed by atoms with Gasteiger partial charge in [-0.15, -0.1) is 0 Å². The number of ether oxygens (including phenoxy) is 1. The third kappa shape index (κ3) is 2.97. The number of aromatic nitrogens is 1. The topological polar surface area (TPSA) is 68.8 Å². The molecule has 182 valence electrons. The maximum absolute atomic E-state index is 13.0. The van der Waals surface area contributed by atoms with Crippen molar-refractivity contribution in [2.24, 2.45) is 17.3 Å². The fourth-order valence-electron chi connectivity index (χ4n) is 8.04. The highest BCUT2D eigenvalue weighted by molar-refractivity contribution is 5.88. The molecule has 2 bridgehead atoms. The summed E-state index contributed by atoms with van der Waals surface area (Å²) < 4.78 is 5.51. The predicted octanol–water partition coefficient (Wildman–Crippen LogP) is 3.99. The van der Waals surface area contributed by atoms with E-state index >= 15 is 0 Å². The zero-order valence-corrected chi connectivity index (χ0v) is 20.3. The summed E-state index contributed by atoms with van der Waals surface area (Å²) in [5, 5.41) is 11.9. The van der Waals surface area contributed by atoms with E-state index in [1.54, 1.807) is 7.11 Å². The van der Waals surface area contributed by atoms with Crippen LogP contribution in [0.15, 0.2) is 18.2 Å². The number of likely N-dealkylation sites (tertiary alicyclic amines) is 1. The normalized spacial score (nSPS) is 32.1. The molecule has 1 aromatic heterocycles. The molecule has 2 N–H and O–H groups in total. The fourth-order valence-corrected chi connectivity index (χ4v) is 8.04. The van der Waals surface area contributed by atoms with Crippen molar-refractivity contribution in [2.45, 2.75) is 62.8 Å². The van der Waals surface area contributed by atoms with Crippen LogP contribution in [0, 0.1) is 17.3 Å². The first-order valence-corrected chi connectivity index (χ1v) is 13.4. The van der Waals surface area contributed by atoms with Gasteiger partial charge in [0.15, 0.2) is 0 Å². The number of methoxy groups -OCH3 is 1. The molecule has 8 rings (SSSR count). The minimum Gasteiger partial charge on any atom is -0.497 e. The minimum atomic E-state index is 0.0164. The van der Waals surface area contributed by atoms with Gasteiger partial charge in [-0.1, -0.05) is 6.42 Å². The van der Waals surface area contributed by atoms with Crippen molar-refractivity contribution in [1.82, 2.24) is 14.8 Å². The smallest absolute Gasteiger partial charge is 0.225 e. The molecule has 3 heterocycles. The number of carbonyl (C=O) groups is 1. The van der Waals surface area contributed by atoms with Gasteiger partial charge in [0, 0.05) is 60.2 Å². The van der Waals surface area contributed by atoms with Crippen LogP contribution in [0.2, 0.25) is 0 Å². The van der Waals surface area contributed by atoms with Gasteiger partial charge in [-0.2, -0.15) is 0 Å². The van der Waals surface area contributed by atoms with E-state index in [2.05, 4.69) is 33.0 Å². The Hall–Kier alpha value is -2.05. The number of fused-ring (bicyclic) bond motifs is 4. The monoisotopic (exact) mass is 463 g/mol. The third-order valence-electron chi connectivity index (χ3n) is 10.2. The van der Waals surface area contributed by atoms with Gasteiger partial charge < -0.3 is 19.7 Å². The highest BCUT2D eigenvalue weighted by Crippen LogP contribution is 2.65. The van der Waals surface area contributed by atoms with Crippen molar-refractivity contribution in [3.05, 3.63) is 29.5 Å². The van der Waals surface area contributed by atoms with Crippen LogP contribution >= 0.6 is 0 Å². The molecular weight excluding hydrogens is 426 g/mol. The highest BCUT2D eigenvalue weighted by Gasteiger charge is 2.58. The van der Waals surface area contributed by atoms with E-state index < -0.39 is 0 Å². The zero-order valence-electron chi connectivity index (χ0n) is 20.3. The number of nitrogens with zero attached hydrogens (tertiary/aromatic N) is 2. The average Bonchev–Trinajstić information content (AvgIpc) is 3.14. The third-order valence-corrected chi connectivity index (χ3v) is 10.2. The summed E-state index contributed by atoms with van der Waals surface area (Å²) >= 11 is 0. The molecule has 0 radical (unpaired) electrons. The Balaban J connectivity index is 1.26. The number of carbonyl (C=O) groups excluding carboxylic acids is 1. The average molecular weight is 464 g/mol. The van der Waals surface area contributed by atoms with Crippen LogP contribution < -0.4 is 4.74 Å². The summed E-state index contributed by atoms with van der Waals surface area (Å²) in [5.41, 5.74) is 4.21. The molecule has 4 saturated carbocycles. The number of H-pyrrole nitrogens is 1. The van der Waals surface area contributed by atoms with Crippen molar-refractivity contribution >= 4 is 16.8 Å². The van der Waals surface area contributed by atoms with Gasteiger partial charge >= 0.3 is 0 Å². The number of aliphatic hydroxyl groups excluding tert-OH is 1. The van der Waals surface area contributed by atoms with Gasteiger partial charge in [0.05, 0.1) is 19.8 Å². The van der Waals surface area contributed by atoms with Crippen molar-refractivity contribution < 1.29 is 14.6 Å². The molecule has 1 amide bonds. The number of rotatable bonds is 5. The molecule has 6 nitrogen and oxygen atoms in total. The highest BCUT2D eigenvalue weighted by atomic mass is 16.5. The van der Waals surface area contributed by atoms with Gasteiger partial charge in [-0.25, -0.2) is 0 Å². The molecular formula is C28H37N3O3. The maximum Gasteiger partial charge on any atom is 0.225 e. The summed E-state index contributed by atoms with van der Waals surface area (Å²) in [5.74, 6) is 2.48. The van der Waals surface area contributed by atoms with Crippen molar-refractivity contribution in [2.75, 3.05) is 39.9 Å². The zero-order chi connectivity index (χ0) is 23.1. The number of nitrogens with one attached hydrogen (secondary N) is 1. The summed E-state index contributed by atoms with van der Waals surface area (Å²) in [4.78, 5) is 21.5. The van der Waals surface area contributed by atoms with E-state index in [9.17, 15) is 9.90 Å². The van der Waals surface area contributed by atoms with E-state index in [4.69, 9.17) is 4.74 Å². The first-order chi connectivity index (χ1) is 16.5. The molecule has 1 atom stereocenters. The predicted molar refractivity (Wildman–Crippen MR) is 131 cm³/mol. The van der Waals surface area contributed by atoms with Crippen LogP contribution in [0.5, 0.6) is 5.75 Å². The minimum absolute atomic E-state index is 0.0164. The molecule has 4 aliphatic carbocycles. The van der Waals surface area contributed by atoms with E-state index in [1.165, 1.54) is 42.3 Å². The van der Waals surface area contributed by atoms with Crippen molar-refractivity contribution in [1.29, 1.82) is 0 Å². The Kier molecular flexibility index (Phi) is 4.67. The quantitative estimate of drug-likeness (QED) is 0.704. The van der Waals surface area contributed by atoms with Crippen LogP contribution in [-0.4, -0.2) is 65.7 Å². The number of piperidine rings is 1. The second-order valence-corrected chi connectivity index (χ2v) is 12.1. The lowest BCUT2D eigenvalue weighted by Gasteiger charge is -2.64. The maximum atomic E-state index is 13.0. The second kappa shape index (κ2) is 7.47. The molecule has 2 aromatic rings. The summed E-state index contributed by atoms with van der Waals surface area (Å²) in [6, 6.07) is 6.36. The van der Waals surface area contributed by atoms with Gasteiger partial charge in [0.1, 0.15) is 5.75 Å². The Morgan fingerprint density at radius 2 is 1.97 bits per heavy atom. The van der Waals surface area contributed by atoms with Crippen molar-refractivity contribution in [3.63, 3.8) is 0 Å². The lowest BCUT2D eigenvalue weighted by atomic mass is 9.44. The lowest BCUT2D eigenvalue weighted by Crippen LogP contribution is -2.62. The van der Waals surface area contributed by atoms with Gasteiger partial charge in [-0.05, 0) is 74.0 Å². The number of benzene rings is 1. The van der Waals surface area contributed by atoms with E-state index in [0.717, 1.165) is 69.0 Å². The van der Waals surface area contributed by atoms with Crippen LogP contribution in [0.3, 0.4) is 0 Å². The molecule has 1 saturated heterocycles. The summed E-state index contributed by atoms with van der Waals surface area (Å²) in [6.07, 6.45) is 9.47. The van der Waals surface area contributed by atoms with E-state index in [0.29, 0.717) is 11.3 Å². The molecule has 1 unspecified atom stereocenters. The second-order valence-electron chi connectivity index (χ2n) is 12.1. The lowest BCUT2D eigenvalue weighted by molar-refractivity contribution is -0.143. The first-order valence-electron chi connectivity index (χ1n) is 13.4. The summed E-state index contributed by atoms with van der Waals surface area (Å²) in [7, 11) is 1.71. The van der Waals surface area contributed by atoms with Gasteiger partial charge in [0.25, 0.3) is 0 Å². The molecule has 1 aromatic carbocycles. The fraction of sp³-hybridized carbons (Fsp3) is 0.679. The van der Waals surface area contributed by atoms with Crippen LogP contribution in [0.1, 0.15) is 68.7 Å².